The van der Waals surface area contributed by atoms with Gasteiger partial charge in [0.1, 0.15) is 0 Å². The number of carbonyl (C=O) groups excluding carboxylic acids is 1. The third-order valence-electron chi connectivity index (χ3n) is 4.96. The van der Waals surface area contributed by atoms with Crippen molar-refractivity contribution in [3.63, 3.8) is 0 Å². The van der Waals surface area contributed by atoms with E-state index in [0.717, 1.165) is 55.9 Å². The van der Waals surface area contributed by atoms with Crippen molar-refractivity contribution in [1.82, 2.24) is 10.2 Å². The van der Waals surface area contributed by atoms with Gasteiger partial charge in [-0.2, -0.15) is 0 Å². The van der Waals surface area contributed by atoms with Gasteiger partial charge < -0.3 is 10.2 Å². The standard InChI is InChI=1S/C22H27ClN2O/c23-20-9-4-8-19(16-20)11-12-22(26)24-21-10-5-14-25(17-21)15-13-18-6-2-1-3-7-18/h1-4,6-9,16,21H,5,10-15,17H2,(H,24,26)/t21-/m1/s1. The molecule has 1 fully saturated rings. The first-order chi connectivity index (χ1) is 12.7. The van der Waals surface area contributed by atoms with Crippen LogP contribution in [0.2, 0.25) is 5.02 Å². The highest BCUT2D eigenvalue weighted by Gasteiger charge is 2.21. The Morgan fingerprint density at radius 1 is 1.08 bits per heavy atom. The summed E-state index contributed by atoms with van der Waals surface area (Å²) in [4.78, 5) is 14.8. The number of aryl methyl sites for hydroxylation is 1. The number of benzene rings is 2. The van der Waals surface area contributed by atoms with E-state index < -0.39 is 0 Å². The molecule has 1 heterocycles. The average Bonchev–Trinajstić information content (AvgIpc) is 2.66. The molecule has 1 N–H and O–H groups in total. The zero-order chi connectivity index (χ0) is 18.2. The van der Waals surface area contributed by atoms with Gasteiger partial charge in [-0.25, -0.2) is 0 Å². The highest BCUT2D eigenvalue weighted by molar-refractivity contribution is 6.30. The molecule has 2 aromatic carbocycles. The third kappa shape index (κ3) is 6.15. The Morgan fingerprint density at radius 2 is 1.88 bits per heavy atom. The molecule has 1 aliphatic rings. The van der Waals surface area contributed by atoms with Gasteiger partial charge in [-0.3, -0.25) is 4.79 Å². The number of likely N-dealkylation sites (tertiary alicyclic amines) is 1. The minimum atomic E-state index is 0.139. The summed E-state index contributed by atoms with van der Waals surface area (Å²) in [5.74, 6) is 0.139. The van der Waals surface area contributed by atoms with Gasteiger partial charge in [0, 0.05) is 30.6 Å². The van der Waals surface area contributed by atoms with Gasteiger partial charge in [0.2, 0.25) is 5.91 Å². The van der Waals surface area contributed by atoms with E-state index >= 15 is 0 Å². The Bertz CT molecular complexity index is 704. The monoisotopic (exact) mass is 370 g/mol. The number of piperidine rings is 1. The first-order valence-electron chi connectivity index (χ1n) is 9.49. The Kier molecular flexibility index (Phi) is 7.10. The molecule has 0 aliphatic carbocycles. The van der Waals surface area contributed by atoms with Crippen LogP contribution in [-0.4, -0.2) is 36.5 Å². The van der Waals surface area contributed by atoms with Crippen molar-refractivity contribution >= 4 is 17.5 Å². The molecule has 3 rings (SSSR count). The highest BCUT2D eigenvalue weighted by Crippen LogP contribution is 2.14. The van der Waals surface area contributed by atoms with Crippen LogP contribution in [0.4, 0.5) is 0 Å². The lowest BCUT2D eigenvalue weighted by Gasteiger charge is -2.33. The van der Waals surface area contributed by atoms with Gasteiger partial charge in [-0.1, -0.05) is 54.1 Å². The molecular weight excluding hydrogens is 344 g/mol. The van der Waals surface area contributed by atoms with E-state index in [0.29, 0.717) is 6.42 Å². The minimum Gasteiger partial charge on any atom is -0.352 e. The van der Waals surface area contributed by atoms with E-state index in [1.54, 1.807) is 0 Å². The molecule has 3 nitrogen and oxygen atoms in total. The molecule has 4 heteroatoms. The van der Waals surface area contributed by atoms with Crippen LogP contribution in [0.5, 0.6) is 0 Å². The molecule has 0 saturated carbocycles. The van der Waals surface area contributed by atoms with Crippen molar-refractivity contribution in [2.45, 2.75) is 38.1 Å². The zero-order valence-corrected chi connectivity index (χ0v) is 15.9. The largest absolute Gasteiger partial charge is 0.352 e. The molecule has 1 atom stereocenters. The maximum atomic E-state index is 12.3. The molecule has 2 aromatic rings. The van der Waals surface area contributed by atoms with E-state index in [2.05, 4.69) is 40.5 Å². The number of nitrogens with zero attached hydrogens (tertiary/aromatic N) is 1. The van der Waals surface area contributed by atoms with Crippen LogP contribution in [0.1, 0.15) is 30.4 Å². The molecular formula is C22H27ClN2O. The van der Waals surface area contributed by atoms with E-state index in [9.17, 15) is 4.79 Å². The Hall–Kier alpha value is -1.84. The highest BCUT2D eigenvalue weighted by atomic mass is 35.5. The molecule has 138 valence electrons. The van der Waals surface area contributed by atoms with Gasteiger partial charge >= 0.3 is 0 Å². The molecule has 0 spiro atoms. The van der Waals surface area contributed by atoms with E-state index in [1.807, 2.05) is 24.3 Å². The molecule has 0 unspecified atom stereocenters. The number of nitrogens with one attached hydrogen (secondary N) is 1. The van der Waals surface area contributed by atoms with Crippen LogP contribution in [0.15, 0.2) is 54.6 Å². The van der Waals surface area contributed by atoms with Crippen molar-refractivity contribution in [3.05, 3.63) is 70.7 Å². The summed E-state index contributed by atoms with van der Waals surface area (Å²) in [6.45, 7) is 3.14. The smallest absolute Gasteiger partial charge is 0.220 e. The first kappa shape index (κ1) is 18.9. The predicted molar refractivity (Wildman–Crippen MR) is 108 cm³/mol. The number of amides is 1. The first-order valence-corrected chi connectivity index (χ1v) is 9.87. The number of hydrogen-bond acceptors (Lipinski definition) is 2. The van der Waals surface area contributed by atoms with Crippen LogP contribution >= 0.6 is 11.6 Å². The van der Waals surface area contributed by atoms with Gasteiger partial charge in [0.25, 0.3) is 0 Å². The second-order valence-corrected chi connectivity index (χ2v) is 7.51. The fraction of sp³-hybridized carbons (Fsp3) is 0.409. The number of rotatable bonds is 7. The predicted octanol–water partition coefficient (Wildman–Crippen LogP) is 4.10. The van der Waals surface area contributed by atoms with Crippen LogP contribution in [0, 0.1) is 0 Å². The lowest BCUT2D eigenvalue weighted by atomic mass is 10.0. The van der Waals surface area contributed by atoms with Gasteiger partial charge in [-0.05, 0) is 55.5 Å². The van der Waals surface area contributed by atoms with E-state index in [1.165, 1.54) is 5.56 Å². The van der Waals surface area contributed by atoms with Crippen molar-refractivity contribution < 1.29 is 4.79 Å². The summed E-state index contributed by atoms with van der Waals surface area (Å²) in [6.07, 6.45) is 4.53. The fourth-order valence-electron chi connectivity index (χ4n) is 3.56. The molecule has 0 radical (unpaired) electrons. The fourth-order valence-corrected chi connectivity index (χ4v) is 3.77. The minimum absolute atomic E-state index is 0.139. The second kappa shape index (κ2) is 9.75. The quantitative estimate of drug-likeness (QED) is 0.795. The zero-order valence-electron chi connectivity index (χ0n) is 15.2. The average molecular weight is 371 g/mol. The Morgan fingerprint density at radius 3 is 2.69 bits per heavy atom. The summed E-state index contributed by atoms with van der Waals surface area (Å²) < 4.78 is 0. The maximum Gasteiger partial charge on any atom is 0.220 e. The normalized spacial score (nSPS) is 17.8. The third-order valence-corrected chi connectivity index (χ3v) is 5.20. The van der Waals surface area contributed by atoms with Crippen LogP contribution in [-0.2, 0) is 17.6 Å². The summed E-state index contributed by atoms with van der Waals surface area (Å²) in [7, 11) is 0. The number of carbonyl (C=O) groups is 1. The Labute approximate surface area is 161 Å². The van der Waals surface area contributed by atoms with Crippen LogP contribution in [0.3, 0.4) is 0 Å². The summed E-state index contributed by atoms with van der Waals surface area (Å²) >= 11 is 6.00. The van der Waals surface area contributed by atoms with Crippen molar-refractivity contribution in [2.75, 3.05) is 19.6 Å². The van der Waals surface area contributed by atoms with Crippen LogP contribution < -0.4 is 5.32 Å². The molecule has 1 saturated heterocycles. The van der Waals surface area contributed by atoms with Crippen LogP contribution in [0.25, 0.3) is 0 Å². The topological polar surface area (TPSA) is 32.3 Å². The number of hydrogen-bond donors (Lipinski definition) is 1. The summed E-state index contributed by atoms with van der Waals surface area (Å²) in [5, 5.41) is 3.94. The van der Waals surface area contributed by atoms with Gasteiger partial charge in [0.15, 0.2) is 0 Å². The molecule has 0 bridgehead atoms. The summed E-state index contributed by atoms with van der Waals surface area (Å²) in [5.41, 5.74) is 2.49. The molecule has 1 amide bonds. The lowest BCUT2D eigenvalue weighted by Crippen LogP contribution is -2.48. The van der Waals surface area contributed by atoms with E-state index in [-0.39, 0.29) is 11.9 Å². The lowest BCUT2D eigenvalue weighted by molar-refractivity contribution is -0.122. The maximum absolute atomic E-state index is 12.3. The van der Waals surface area contributed by atoms with Crippen molar-refractivity contribution in [2.24, 2.45) is 0 Å². The molecule has 1 aliphatic heterocycles. The van der Waals surface area contributed by atoms with Crippen molar-refractivity contribution in [1.29, 1.82) is 0 Å². The Balaban J connectivity index is 1.40. The SMILES string of the molecule is O=C(CCc1cccc(Cl)c1)N[C@@H]1CCCN(CCc2ccccc2)C1. The number of halogens is 1. The summed E-state index contributed by atoms with van der Waals surface area (Å²) in [6, 6.07) is 18.6. The van der Waals surface area contributed by atoms with Gasteiger partial charge in [-0.15, -0.1) is 0 Å². The van der Waals surface area contributed by atoms with Gasteiger partial charge in [0.05, 0.1) is 0 Å². The van der Waals surface area contributed by atoms with E-state index in [4.69, 9.17) is 11.6 Å². The molecule has 26 heavy (non-hydrogen) atoms. The second-order valence-electron chi connectivity index (χ2n) is 7.07. The van der Waals surface area contributed by atoms with Crippen molar-refractivity contribution in [3.8, 4) is 0 Å². The molecule has 0 aromatic heterocycles.